The molecule has 0 unspecified atom stereocenters. The summed E-state index contributed by atoms with van der Waals surface area (Å²) >= 11 is 0. The minimum atomic E-state index is -0.0586. The Morgan fingerprint density at radius 3 is 2.79 bits per heavy atom. The molecule has 128 valence electrons. The van der Waals surface area contributed by atoms with Gasteiger partial charge in [-0.1, -0.05) is 6.07 Å². The number of rotatable bonds is 5. The van der Waals surface area contributed by atoms with Gasteiger partial charge in [0.25, 0.3) is 5.91 Å². The highest BCUT2D eigenvalue weighted by Gasteiger charge is 2.35. The summed E-state index contributed by atoms with van der Waals surface area (Å²) in [6.45, 7) is 2.10. The number of aromatic nitrogens is 2. The van der Waals surface area contributed by atoms with Crippen molar-refractivity contribution < 1.29 is 9.53 Å². The van der Waals surface area contributed by atoms with E-state index in [1.54, 1.807) is 10.9 Å². The summed E-state index contributed by atoms with van der Waals surface area (Å²) in [4.78, 5) is 14.8. The predicted molar refractivity (Wildman–Crippen MR) is 92.4 cm³/mol. The molecule has 6 heteroatoms. The number of nitrogens with one attached hydrogen (secondary N) is 1. The zero-order valence-corrected chi connectivity index (χ0v) is 14.2. The largest absolute Gasteiger partial charge is 0.381 e. The van der Waals surface area contributed by atoms with Crippen LogP contribution in [0.2, 0.25) is 0 Å². The maximum absolute atomic E-state index is 12.6. The number of hydrogen-bond acceptors (Lipinski definition) is 4. The fourth-order valence-electron chi connectivity index (χ4n) is 3.09. The molecule has 1 aliphatic heterocycles. The molecule has 0 atom stereocenters. The van der Waals surface area contributed by atoms with E-state index in [1.807, 2.05) is 36.5 Å². The molecule has 1 amide bonds. The van der Waals surface area contributed by atoms with Gasteiger partial charge in [-0.05, 0) is 51.2 Å². The number of ether oxygens (including phenoxy) is 1. The van der Waals surface area contributed by atoms with Crippen LogP contribution in [0.15, 0.2) is 42.7 Å². The molecule has 1 fully saturated rings. The SMILES string of the molecule is CN(C)C1(CNC(=O)c2cccc(-n3cccn3)c2)CCOCC1. The Morgan fingerprint density at radius 1 is 1.33 bits per heavy atom. The lowest BCUT2D eigenvalue weighted by Gasteiger charge is -2.42. The Hall–Kier alpha value is -2.18. The third-order valence-corrected chi connectivity index (χ3v) is 4.83. The van der Waals surface area contributed by atoms with Gasteiger partial charge in [0.2, 0.25) is 0 Å². The molecule has 0 aliphatic carbocycles. The molecule has 2 heterocycles. The Balaban J connectivity index is 1.70. The maximum Gasteiger partial charge on any atom is 0.251 e. The van der Waals surface area contributed by atoms with Crippen molar-refractivity contribution in [2.24, 2.45) is 0 Å². The Kier molecular flexibility index (Phi) is 4.97. The molecule has 0 radical (unpaired) electrons. The van der Waals surface area contributed by atoms with Crippen LogP contribution in [-0.4, -0.2) is 60.0 Å². The average molecular weight is 328 g/mol. The monoisotopic (exact) mass is 328 g/mol. The number of likely N-dealkylation sites (N-methyl/N-ethyl adjacent to an activating group) is 1. The Bertz CT molecular complexity index is 676. The second-order valence-corrected chi connectivity index (χ2v) is 6.41. The molecule has 0 bridgehead atoms. The van der Waals surface area contributed by atoms with E-state index in [2.05, 4.69) is 29.4 Å². The van der Waals surface area contributed by atoms with Crippen LogP contribution in [0.3, 0.4) is 0 Å². The molecule has 2 aromatic rings. The van der Waals surface area contributed by atoms with Crippen molar-refractivity contribution in [3.05, 3.63) is 48.3 Å². The highest BCUT2D eigenvalue weighted by molar-refractivity contribution is 5.94. The van der Waals surface area contributed by atoms with Gasteiger partial charge in [0.05, 0.1) is 5.69 Å². The first-order valence-electron chi connectivity index (χ1n) is 8.24. The van der Waals surface area contributed by atoms with Gasteiger partial charge in [-0.15, -0.1) is 0 Å². The molecule has 1 aliphatic rings. The zero-order valence-electron chi connectivity index (χ0n) is 14.2. The summed E-state index contributed by atoms with van der Waals surface area (Å²) in [6.07, 6.45) is 5.43. The standard InChI is InChI=1S/C18H24N4O2/c1-21(2)18(7-11-24-12-8-18)14-19-17(23)15-5-3-6-16(13-15)22-10-4-9-20-22/h3-6,9-10,13H,7-8,11-12,14H2,1-2H3,(H,19,23). The normalized spacial score (nSPS) is 17.0. The molecule has 24 heavy (non-hydrogen) atoms. The summed E-state index contributed by atoms with van der Waals surface area (Å²) in [5.74, 6) is -0.0586. The summed E-state index contributed by atoms with van der Waals surface area (Å²) in [6, 6.07) is 9.35. The summed E-state index contributed by atoms with van der Waals surface area (Å²) < 4.78 is 7.22. The van der Waals surface area contributed by atoms with Crippen LogP contribution in [0.5, 0.6) is 0 Å². The number of benzene rings is 1. The van der Waals surface area contributed by atoms with Gasteiger partial charge in [-0.25, -0.2) is 4.68 Å². The molecule has 0 saturated carbocycles. The van der Waals surface area contributed by atoms with Gasteiger partial charge in [0.1, 0.15) is 0 Å². The summed E-state index contributed by atoms with van der Waals surface area (Å²) in [7, 11) is 4.13. The van der Waals surface area contributed by atoms with E-state index in [1.165, 1.54) is 0 Å². The van der Waals surface area contributed by atoms with E-state index in [0.29, 0.717) is 12.1 Å². The lowest BCUT2D eigenvalue weighted by Crippen LogP contribution is -2.55. The fraction of sp³-hybridized carbons (Fsp3) is 0.444. The first kappa shape index (κ1) is 16.7. The van der Waals surface area contributed by atoms with E-state index in [9.17, 15) is 4.79 Å². The van der Waals surface area contributed by atoms with Gasteiger partial charge in [-0.2, -0.15) is 5.10 Å². The van der Waals surface area contributed by atoms with Gasteiger partial charge in [0, 0.05) is 43.3 Å². The third kappa shape index (κ3) is 3.49. The Labute approximate surface area is 142 Å². The molecule has 1 saturated heterocycles. The average Bonchev–Trinajstić information content (AvgIpc) is 3.15. The van der Waals surface area contributed by atoms with Crippen molar-refractivity contribution in [3.8, 4) is 5.69 Å². The molecule has 1 aromatic heterocycles. The van der Waals surface area contributed by atoms with Gasteiger partial charge in [0.15, 0.2) is 0 Å². The number of carbonyl (C=O) groups excluding carboxylic acids is 1. The highest BCUT2D eigenvalue weighted by Crippen LogP contribution is 2.25. The van der Waals surface area contributed by atoms with Gasteiger partial charge in [-0.3, -0.25) is 4.79 Å². The van der Waals surface area contributed by atoms with Gasteiger partial charge < -0.3 is 15.0 Å². The number of amides is 1. The number of nitrogens with zero attached hydrogens (tertiary/aromatic N) is 3. The predicted octanol–water partition coefficient (Wildman–Crippen LogP) is 1.71. The highest BCUT2D eigenvalue weighted by atomic mass is 16.5. The molecule has 0 spiro atoms. The molecular formula is C18H24N4O2. The second kappa shape index (κ2) is 7.15. The summed E-state index contributed by atoms with van der Waals surface area (Å²) in [5, 5.41) is 7.30. The number of carbonyl (C=O) groups is 1. The topological polar surface area (TPSA) is 59.4 Å². The lowest BCUT2D eigenvalue weighted by atomic mass is 9.88. The van der Waals surface area contributed by atoms with Crippen molar-refractivity contribution >= 4 is 5.91 Å². The summed E-state index contributed by atoms with van der Waals surface area (Å²) in [5.41, 5.74) is 1.48. The molecule has 1 aromatic carbocycles. The lowest BCUT2D eigenvalue weighted by molar-refractivity contribution is -0.00657. The first-order chi connectivity index (χ1) is 11.6. The third-order valence-electron chi connectivity index (χ3n) is 4.83. The quantitative estimate of drug-likeness (QED) is 0.908. The van der Waals surface area contributed by atoms with E-state index in [-0.39, 0.29) is 11.4 Å². The van der Waals surface area contributed by atoms with Crippen molar-refractivity contribution in [2.45, 2.75) is 18.4 Å². The van der Waals surface area contributed by atoms with Crippen molar-refractivity contribution in [1.82, 2.24) is 20.0 Å². The maximum atomic E-state index is 12.6. The minimum Gasteiger partial charge on any atom is -0.381 e. The smallest absolute Gasteiger partial charge is 0.251 e. The zero-order chi connectivity index (χ0) is 17.0. The van der Waals surface area contributed by atoms with Crippen molar-refractivity contribution in [3.63, 3.8) is 0 Å². The fourth-order valence-corrected chi connectivity index (χ4v) is 3.09. The van der Waals surface area contributed by atoms with Crippen molar-refractivity contribution in [2.75, 3.05) is 33.9 Å². The van der Waals surface area contributed by atoms with E-state index in [4.69, 9.17) is 4.74 Å². The van der Waals surface area contributed by atoms with Crippen LogP contribution >= 0.6 is 0 Å². The van der Waals surface area contributed by atoms with Crippen LogP contribution in [0.25, 0.3) is 5.69 Å². The molecule has 3 rings (SSSR count). The van der Waals surface area contributed by atoms with E-state index >= 15 is 0 Å². The van der Waals surface area contributed by atoms with Crippen LogP contribution in [0, 0.1) is 0 Å². The number of hydrogen-bond donors (Lipinski definition) is 1. The first-order valence-corrected chi connectivity index (χ1v) is 8.24. The van der Waals surface area contributed by atoms with Gasteiger partial charge >= 0.3 is 0 Å². The molecule has 1 N–H and O–H groups in total. The Morgan fingerprint density at radius 2 is 2.12 bits per heavy atom. The van der Waals surface area contributed by atoms with E-state index < -0.39 is 0 Å². The second-order valence-electron chi connectivity index (χ2n) is 6.41. The minimum absolute atomic E-state index is 0.0342. The van der Waals surface area contributed by atoms with Crippen LogP contribution in [0.4, 0.5) is 0 Å². The van der Waals surface area contributed by atoms with E-state index in [0.717, 1.165) is 31.7 Å². The van der Waals surface area contributed by atoms with Crippen molar-refractivity contribution in [1.29, 1.82) is 0 Å². The molecular weight excluding hydrogens is 304 g/mol. The van der Waals surface area contributed by atoms with Crippen LogP contribution in [-0.2, 0) is 4.74 Å². The molecule has 6 nitrogen and oxygen atoms in total. The van der Waals surface area contributed by atoms with Crippen LogP contribution < -0.4 is 5.32 Å². The van der Waals surface area contributed by atoms with Crippen LogP contribution in [0.1, 0.15) is 23.2 Å².